The number of rotatable bonds is 7. The molecule has 6 nitrogen and oxygen atoms in total. The molecule has 1 atom stereocenters. The van der Waals surface area contributed by atoms with Crippen LogP contribution in [-0.4, -0.2) is 24.3 Å². The number of anilines is 1. The van der Waals surface area contributed by atoms with Gasteiger partial charge in [0.25, 0.3) is 0 Å². The molecule has 2 rings (SSSR count). The first-order valence-corrected chi connectivity index (χ1v) is 8.08. The molecule has 0 bridgehead atoms. The molecule has 0 saturated carbocycles. The third-order valence-electron chi connectivity index (χ3n) is 3.52. The number of phenols is 1. The zero-order valence-corrected chi connectivity index (χ0v) is 14.5. The number of nitrogens with zero attached hydrogens (tertiary/aromatic N) is 1. The summed E-state index contributed by atoms with van der Waals surface area (Å²) in [6.07, 6.45) is 0. The van der Waals surface area contributed by atoms with Gasteiger partial charge in [-0.05, 0) is 44.2 Å². The molecule has 26 heavy (non-hydrogen) atoms. The number of carbonyl (C=O) groups excluding carboxylic acids is 1. The minimum Gasteiger partial charge on any atom is -0.505 e. The molecular formula is C19H19FN2O4. The predicted molar refractivity (Wildman–Crippen MR) is 93.4 cm³/mol. The molecule has 2 aromatic rings. The van der Waals surface area contributed by atoms with Crippen molar-refractivity contribution in [2.45, 2.75) is 19.9 Å². The lowest BCUT2D eigenvalue weighted by molar-refractivity contribution is -0.144. The van der Waals surface area contributed by atoms with E-state index in [4.69, 9.17) is 14.7 Å². The van der Waals surface area contributed by atoms with Crippen molar-refractivity contribution in [1.29, 1.82) is 5.26 Å². The van der Waals surface area contributed by atoms with Crippen LogP contribution in [0.2, 0.25) is 0 Å². The van der Waals surface area contributed by atoms with Gasteiger partial charge in [0.15, 0.2) is 17.6 Å². The molecule has 0 aliphatic heterocycles. The molecule has 0 amide bonds. The fraction of sp³-hybridized carbons (Fsp3) is 0.263. The molecule has 2 aromatic carbocycles. The lowest BCUT2D eigenvalue weighted by Crippen LogP contribution is -2.24. The summed E-state index contributed by atoms with van der Waals surface area (Å²) in [5, 5.41) is 21.6. The fourth-order valence-corrected chi connectivity index (χ4v) is 2.36. The van der Waals surface area contributed by atoms with Gasteiger partial charge in [0.05, 0.1) is 24.8 Å². The maximum atomic E-state index is 14.5. The highest BCUT2D eigenvalue weighted by Crippen LogP contribution is 2.32. The van der Waals surface area contributed by atoms with E-state index in [1.165, 1.54) is 6.07 Å². The van der Waals surface area contributed by atoms with Crippen molar-refractivity contribution in [3.05, 3.63) is 53.3 Å². The van der Waals surface area contributed by atoms with Gasteiger partial charge in [0, 0.05) is 17.3 Å². The van der Waals surface area contributed by atoms with Crippen molar-refractivity contribution >= 4 is 11.7 Å². The van der Waals surface area contributed by atoms with Crippen LogP contribution >= 0.6 is 0 Å². The fourth-order valence-electron chi connectivity index (χ4n) is 2.36. The standard InChI is InChI=1S/C19H19FN2O4/c1-3-25-14-9-15(17(20)16(23)10-14)18(19(24)26-4-2)22-13-7-5-12(11-21)6-8-13/h5-10,18,22-23H,3-4H2,1-2H3. The number of ether oxygens (including phenoxy) is 2. The second-order valence-corrected chi connectivity index (χ2v) is 5.30. The van der Waals surface area contributed by atoms with Crippen LogP contribution in [0.15, 0.2) is 36.4 Å². The Balaban J connectivity index is 2.44. The van der Waals surface area contributed by atoms with E-state index in [1.54, 1.807) is 38.1 Å². The van der Waals surface area contributed by atoms with E-state index >= 15 is 0 Å². The van der Waals surface area contributed by atoms with Gasteiger partial charge in [-0.15, -0.1) is 0 Å². The second kappa shape index (κ2) is 8.72. The first-order valence-electron chi connectivity index (χ1n) is 8.08. The Labute approximate surface area is 150 Å². The lowest BCUT2D eigenvalue weighted by Gasteiger charge is -2.20. The monoisotopic (exact) mass is 358 g/mol. The molecule has 0 spiro atoms. The molecule has 2 N–H and O–H groups in total. The van der Waals surface area contributed by atoms with Crippen LogP contribution in [0.3, 0.4) is 0 Å². The van der Waals surface area contributed by atoms with Crippen LogP contribution in [-0.2, 0) is 9.53 Å². The van der Waals surface area contributed by atoms with Gasteiger partial charge in [0.1, 0.15) is 5.75 Å². The Morgan fingerprint density at radius 2 is 1.96 bits per heavy atom. The topological polar surface area (TPSA) is 91.6 Å². The summed E-state index contributed by atoms with van der Waals surface area (Å²) in [6, 6.07) is 9.59. The van der Waals surface area contributed by atoms with Gasteiger partial charge in [-0.3, -0.25) is 0 Å². The predicted octanol–water partition coefficient (Wildman–Crippen LogP) is 3.52. The number of esters is 1. The normalized spacial score (nSPS) is 11.3. The highest BCUT2D eigenvalue weighted by molar-refractivity contribution is 5.81. The van der Waals surface area contributed by atoms with Crippen LogP contribution in [0.4, 0.5) is 10.1 Å². The summed E-state index contributed by atoms with van der Waals surface area (Å²) in [5.41, 5.74) is 0.837. The van der Waals surface area contributed by atoms with Crippen molar-refractivity contribution in [3.63, 3.8) is 0 Å². The molecular weight excluding hydrogens is 339 g/mol. The van der Waals surface area contributed by atoms with Crippen LogP contribution in [0, 0.1) is 17.1 Å². The van der Waals surface area contributed by atoms with Crippen molar-refractivity contribution in [3.8, 4) is 17.6 Å². The molecule has 0 heterocycles. The highest BCUT2D eigenvalue weighted by atomic mass is 19.1. The van der Waals surface area contributed by atoms with Crippen LogP contribution < -0.4 is 10.1 Å². The maximum Gasteiger partial charge on any atom is 0.333 e. The summed E-state index contributed by atoms with van der Waals surface area (Å²) in [5.74, 6) is -2.03. The van der Waals surface area contributed by atoms with E-state index in [0.717, 1.165) is 6.07 Å². The average Bonchev–Trinajstić information content (AvgIpc) is 2.63. The zero-order chi connectivity index (χ0) is 19.1. The highest BCUT2D eigenvalue weighted by Gasteiger charge is 2.27. The van der Waals surface area contributed by atoms with E-state index in [2.05, 4.69) is 5.32 Å². The number of carbonyl (C=O) groups is 1. The Morgan fingerprint density at radius 1 is 1.27 bits per heavy atom. The smallest absolute Gasteiger partial charge is 0.333 e. The van der Waals surface area contributed by atoms with E-state index in [-0.39, 0.29) is 17.9 Å². The number of nitriles is 1. The Bertz CT molecular complexity index is 816. The zero-order valence-electron chi connectivity index (χ0n) is 14.5. The van der Waals surface area contributed by atoms with Crippen molar-refractivity contribution in [2.24, 2.45) is 0 Å². The van der Waals surface area contributed by atoms with E-state index < -0.39 is 23.6 Å². The summed E-state index contributed by atoms with van der Waals surface area (Å²) in [7, 11) is 0. The number of phenolic OH excluding ortho intramolecular Hbond substituents is 1. The third-order valence-corrected chi connectivity index (χ3v) is 3.52. The molecule has 1 unspecified atom stereocenters. The largest absolute Gasteiger partial charge is 0.505 e. The Hall–Kier alpha value is -3.27. The lowest BCUT2D eigenvalue weighted by atomic mass is 10.0. The first kappa shape index (κ1) is 19.1. The molecule has 0 radical (unpaired) electrons. The summed E-state index contributed by atoms with van der Waals surface area (Å²) in [4.78, 5) is 12.4. The molecule has 0 aliphatic carbocycles. The van der Waals surface area contributed by atoms with Gasteiger partial charge >= 0.3 is 5.97 Å². The van der Waals surface area contributed by atoms with E-state index in [1.807, 2.05) is 6.07 Å². The van der Waals surface area contributed by atoms with Crippen LogP contribution in [0.1, 0.15) is 31.0 Å². The van der Waals surface area contributed by atoms with Gasteiger partial charge < -0.3 is 19.9 Å². The quantitative estimate of drug-likeness (QED) is 0.736. The second-order valence-electron chi connectivity index (χ2n) is 5.30. The van der Waals surface area contributed by atoms with Gasteiger partial charge in [0.2, 0.25) is 0 Å². The van der Waals surface area contributed by atoms with E-state index in [9.17, 15) is 14.3 Å². The molecule has 0 saturated heterocycles. The molecule has 7 heteroatoms. The number of hydrogen-bond donors (Lipinski definition) is 2. The van der Waals surface area contributed by atoms with Crippen LogP contribution in [0.5, 0.6) is 11.5 Å². The number of halogens is 1. The first-order chi connectivity index (χ1) is 12.5. The van der Waals surface area contributed by atoms with Crippen molar-refractivity contribution in [1.82, 2.24) is 0 Å². The molecule has 0 aromatic heterocycles. The molecule has 0 fully saturated rings. The third kappa shape index (κ3) is 4.42. The Kier molecular flexibility index (Phi) is 6.39. The SMILES string of the molecule is CCOC(=O)C(Nc1ccc(C#N)cc1)c1cc(OCC)cc(O)c1F. The molecule has 136 valence electrons. The number of aromatic hydroxyl groups is 1. The minimum absolute atomic E-state index is 0.101. The summed E-state index contributed by atoms with van der Waals surface area (Å²) in [6.45, 7) is 3.82. The average molecular weight is 358 g/mol. The Morgan fingerprint density at radius 3 is 2.54 bits per heavy atom. The van der Waals surface area contributed by atoms with Crippen molar-refractivity contribution in [2.75, 3.05) is 18.5 Å². The summed E-state index contributed by atoms with van der Waals surface area (Å²) < 4.78 is 24.8. The number of benzene rings is 2. The van der Waals surface area contributed by atoms with E-state index in [0.29, 0.717) is 17.9 Å². The molecule has 0 aliphatic rings. The summed E-state index contributed by atoms with van der Waals surface area (Å²) >= 11 is 0. The maximum absolute atomic E-state index is 14.5. The van der Waals surface area contributed by atoms with Gasteiger partial charge in [-0.2, -0.15) is 5.26 Å². The van der Waals surface area contributed by atoms with Gasteiger partial charge in [-0.25, -0.2) is 9.18 Å². The number of nitrogens with one attached hydrogen (secondary N) is 1. The number of hydrogen-bond acceptors (Lipinski definition) is 6. The minimum atomic E-state index is -1.20. The van der Waals surface area contributed by atoms with Gasteiger partial charge in [-0.1, -0.05) is 0 Å². The van der Waals surface area contributed by atoms with Crippen molar-refractivity contribution < 1.29 is 23.8 Å². The van der Waals surface area contributed by atoms with Crippen LogP contribution in [0.25, 0.3) is 0 Å².